The van der Waals surface area contributed by atoms with Crippen molar-refractivity contribution in [2.24, 2.45) is 16.8 Å². The molecule has 0 heterocycles. The Kier molecular flexibility index (Phi) is 6.29. The van der Waals surface area contributed by atoms with Crippen molar-refractivity contribution in [3.05, 3.63) is 0 Å². The van der Waals surface area contributed by atoms with Gasteiger partial charge in [0, 0.05) is 25.6 Å². The van der Waals surface area contributed by atoms with Crippen LogP contribution in [0.5, 0.6) is 0 Å². The average molecular weight is 243 g/mol. The van der Waals surface area contributed by atoms with E-state index >= 15 is 0 Å². The molecule has 0 aromatic heterocycles. The van der Waals surface area contributed by atoms with Gasteiger partial charge in [-0.1, -0.05) is 12.1 Å². The lowest BCUT2D eigenvalue weighted by atomic mass is 10.1. The monoisotopic (exact) mass is 243 g/mol. The molecule has 0 bridgehead atoms. The van der Waals surface area contributed by atoms with Gasteiger partial charge in [-0.15, -0.1) is 0 Å². The summed E-state index contributed by atoms with van der Waals surface area (Å²) in [6.45, 7) is 4.67. The number of nitrogens with zero attached hydrogens (tertiary/aromatic N) is 2. The maximum atomic E-state index is 8.56. The van der Waals surface area contributed by atoms with Crippen LogP contribution in [0.3, 0.4) is 0 Å². The molecule has 100 valence electrons. The molecule has 0 aliphatic heterocycles. The third-order valence-electron chi connectivity index (χ3n) is 3.31. The predicted molar refractivity (Wildman–Crippen MR) is 68.3 cm³/mol. The van der Waals surface area contributed by atoms with E-state index in [-0.39, 0.29) is 0 Å². The van der Waals surface area contributed by atoms with E-state index in [9.17, 15) is 0 Å². The predicted octanol–water partition coefficient (Wildman–Crippen LogP) is 1.26. The van der Waals surface area contributed by atoms with Crippen molar-refractivity contribution in [3.8, 4) is 0 Å². The van der Waals surface area contributed by atoms with Crippen molar-refractivity contribution >= 4 is 5.84 Å². The van der Waals surface area contributed by atoms with Gasteiger partial charge in [-0.25, -0.2) is 0 Å². The second kappa shape index (κ2) is 7.50. The van der Waals surface area contributed by atoms with E-state index in [2.05, 4.69) is 24.0 Å². The fraction of sp³-hybridized carbons (Fsp3) is 0.917. The van der Waals surface area contributed by atoms with E-state index in [1.54, 1.807) is 0 Å². The van der Waals surface area contributed by atoms with Gasteiger partial charge in [0.05, 0.1) is 6.61 Å². The Balaban J connectivity index is 2.14. The zero-order valence-corrected chi connectivity index (χ0v) is 10.9. The first-order valence-corrected chi connectivity index (χ1v) is 6.41. The highest BCUT2D eigenvalue weighted by Gasteiger charge is 2.21. The molecule has 17 heavy (non-hydrogen) atoms. The van der Waals surface area contributed by atoms with Gasteiger partial charge >= 0.3 is 0 Å². The topological polar surface area (TPSA) is 71.1 Å². The van der Waals surface area contributed by atoms with Crippen LogP contribution < -0.4 is 5.73 Å². The number of ether oxygens (including phenoxy) is 1. The van der Waals surface area contributed by atoms with Gasteiger partial charge < -0.3 is 20.6 Å². The van der Waals surface area contributed by atoms with E-state index in [1.807, 2.05) is 0 Å². The maximum absolute atomic E-state index is 8.56. The number of rotatable bonds is 9. The number of nitrogens with two attached hydrogens (primary N) is 1. The number of hydrogen-bond acceptors (Lipinski definition) is 4. The van der Waals surface area contributed by atoms with Crippen LogP contribution in [-0.4, -0.2) is 48.8 Å². The van der Waals surface area contributed by atoms with Crippen molar-refractivity contribution in [1.82, 2.24) is 4.90 Å². The Labute approximate surface area is 104 Å². The summed E-state index contributed by atoms with van der Waals surface area (Å²) in [7, 11) is 2.05. The van der Waals surface area contributed by atoms with Gasteiger partial charge in [0.1, 0.15) is 5.84 Å². The van der Waals surface area contributed by atoms with Crippen molar-refractivity contribution in [3.63, 3.8) is 0 Å². The molecule has 1 saturated carbocycles. The molecule has 1 aliphatic rings. The first-order chi connectivity index (χ1) is 8.17. The van der Waals surface area contributed by atoms with E-state index in [0.29, 0.717) is 18.3 Å². The van der Waals surface area contributed by atoms with Gasteiger partial charge in [-0.2, -0.15) is 0 Å². The molecule has 0 aromatic rings. The number of amidine groups is 1. The maximum Gasteiger partial charge on any atom is 0.140 e. The molecule has 1 rings (SSSR count). The molecule has 3 N–H and O–H groups in total. The summed E-state index contributed by atoms with van der Waals surface area (Å²) in [4.78, 5) is 2.21. The second-order valence-corrected chi connectivity index (χ2v) is 4.86. The highest BCUT2D eigenvalue weighted by atomic mass is 16.5. The lowest BCUT2D eigenvalue weighted by Gasteiger charge is -2.26. The van der Waals surface area contributed by atoms with Crippen molar-refractivity contribution in [2.75, 3.05) is 26.8 Å². The molecular weight excluding hydrogens is 218 g/mol. The van der Waals surface area contributed by atoms with Crippen LogP contribution in [0.25, 0.3) is 0 Å². The van der Waals surface area contributed by atoms with Crippen LogP contribution in [0.1, 0.15) is 32.6 Å². The molecule has 1 atom stereocenters. The minimum atomic E-state index is 0.294. The molecule has 0 spiro atoms. The molecule has 1 aliphatic carbocycles. The van der Waals surface area contributed by atoms with Crippen LogP contribution in [0, 0.1) is 5.92 Å². The van der Waals surface area contributed by atoms with Gasteiger partial charge in [0.2, 0.25) is 0 Å². The summed E-state index contributed by atoms with van der Waals surface area (Å²) in [6.07, 6.45) is 4.25. The fourth-order valence-electron chi connectivity index (χ4n) is 1.82. The minimum absolute atomic E-state index is 0.294. The van der Waals surface area contributed by atoms with E-state index in [1.165, 1.54) is 12.8 Å². The van der Waals surface area contributed by atoms with Crippen molar-refractivity contribution in [2.45, 2.75) is 38.6 Å². The van der Waals surface area contributed by atoms with Gasteiger partial charge in [0.25, 0.3) is 0 Å². The zero-order valence-electron chi connectivity index (χ0n) is 10.9. The summed E-state index contributed by atoms with van der Waals surface area (Å²) in [5.41, 5.74) is 5.53. The largest absolute Gasteiger partial charge is 0.409 e. The zero-order chi connectivity index (χ0) is 12.7. The number of likely N-dealkylation sites (N-methyl/N-ethyl adjacent to an activating group) is 1. The normalized spacial score (nSPS) is 18.6. The van der Waals surface area contributed by atoms with Crippen molar-refractivity contribution in [1.29, 1.82) is 0 Å². The summed E-state index contributed by atoms with van der Waals surface area (Å²) in [5.74, 6) is 1.11. The Bertz CT molecular complexity index is 242. The number of oxime groups is 1. The van der Waals surface area contributed by atoms with Crippen LogP contribution in [0.15, 0.2) is 5.16 Å². The first kappa shape index (κ1) is 14.3. The van der Waals surface area contributed by atoms with Crippen LogP contribution >= 0.6 is 0 Å². The molecule has 0 aromatic carbocycles. The fourth-order valence-corrected chi connectivity index (χ4v) is 1.82. The highest BCUT2D eigenvalue weighted by molar-refractivity contribution is 5.80. The minimum Gasteiger partial charge on any atom is -0.409 e. The molecule has 5 heteroatoms. The third kappa shape index (κ3) is 5.89. The third-order valence-corrected chi connectivity index (χ3v) is 3.31. The smallest absolute Gasteiger partial charge is 0.140 e. The van der Waals surface area contributed by atoms with Gasteiger partial charge in [-0.3, -0.25) is 0 Å². The lowest BCUT2D eigenvalue weighted by molar-refractivity contribution is 0.0913. The number of hydrogen-bond donors (Lipinski definition) is 2. The van der Waals surface area contributed by atoms with Crippen LogP contribution in [-0.2, 0) is 4.74 Å². The molecular formula is C12H25N3O2. The average Bonchev–Trinajstić information content (AvgIpc) is 3.14. The van der Waals surface area contributed by atoms with E-state index in [4.69, 9.17) is 15.7 Å². The standard InChI is InChI=1S/C12H25N3O2/c1-3-11(8-12(13)14-16)15(2)6-7-17-9-10-4-5-10/h10-11,16H,3-9H2,1-2H3,(H2,13,14). The van der Waals surface area contributed by atoms with E-state index in [0.717, 1.165) is 32.1 Å². The highest BCUT2D eigenvalue weighted by Crippen LogP contribution is 2.28. The molecule has 1 unspecified atom stereocenters. The van der Waals surface area contributed by atoms with Crippen molar-refractivity contribution < 1.29 is 9.94 Å². The molecule has 5 nitrogen and oxygen atoms in total. The molecule has 0 radical (unpaired) electrons. The Hall–Kier alpha value is -0.810. The lowest BCUT2D eigenvalue weighted by Crippen LogP contribution is -2.37. The first-order valence-electron chi connectivity index (χ1n) is 6.41. The van der Waals surface area contributed by atoms with Crippen LogP contribution in [0.4, 0.5) is 0 Å². The summed E-state index contributed by atoms with van der Waals surface area (Å²) in [5, 5.41) is 11.6. The Morgan fingerprint density at radius 1 is 1.59 bits per heavy atom. The Morgan fingerprint density at radius 2 is 2.29 bits per heavy atom. The SMILES string of the molecule is CCC(CC(N)=NO)N(C)CCOCC1CC1. The van der Waals surface area contributed by atoms with Gasteiger partial charge in [-0.05, 0) is 32.2 Å². The summed E-state index contributed by atoms with van der Waals surface area (Å²) in [6, 6.07) is 0.315. The second-order valence-electron chi connectivity index (χ2n) is 4.86. The molecule has 1 fully saturated rings. The van der Waals surface area contributed by atoms with Gasteiger partial charge in [0.15, 0.2) is 0 Å². The van der Waals surface area contributed by atoms with E-state index < -0.39 is 0 Å². The quantitative estimate of drug-likeness (QED) is 0.210. The van der Waals surface area contributed by atoms with Crippen LogP contribution in [0.2, 0.25) is 0 Å². The molecule has 0 amide bonds. The molecule has 0 saturated heterocycles. The summed E-state index contributed by atoms with van der Waals surface area (Å²) >= 11 is 0. The Morgan fingerprint density at radius 3 is 2.82 bits per heavy atom. The summed E-state index contributed by atoms with van der Waals surface area (Å²) < 4.78 is 5.60.